The molecule has 0 aliphatic heterocycles. The van der Waals surface area contributed by atoms with Gasteiger partial charge >= 0.3 is 12.2 Å². The molecule has 0 aromatic heterocycles. The molecule has 0 bridgehead atoms. The predicted octanol–water partition coefficient (Wildman–Crippen LogP) is 10.0. The summed E-state index contributed by atoms with van der Waals surface area (Å²) in [5.74, 6) is 0.661. The largest absolute Gasteiger partial charge is 0.494 e. The molecule has 1 aliphatic rings. The number of nitrogens with one attached hydrogen (secondary N) is 1. The first kappa shape index (κ1) is 37.0. The van der Waals surface area contributed by atoms with Crippen molar-refractivity contribution in [2.45, 2.75) is 109 Å². The minimum absolute atomic E-state index is 0.0675. The molecule has 2 N–H and O–H groups in total. The highest BCUT2D eigenvalue weighted by molar-refractivity contribution is 6.74. The average Bonchev–Trinajstić information content (AvgIpc) is 3.06. The van der Waals surface area contributed by atoms with Gasteiger partial charge in [-0.2, -0.15) is 0 Å². The number of ether oxygens (including phenoxy) is 2. The lowest BCUT2D eigenvalue weighted by molar-refractivity contribution is 0.132. The number of alkyl carbamates (subject to hydrolysis) is 1. The molecule has 4 rings (SSSR count). The molecule has 260 valence electrons. The summed E-state index contributed by atoms with van der Waals surface area (Å²) in [6, 6.07) is 24.9. The van der Waals surface area contributed by atoms with Crippen LogP contribution in [0.1, 0.15) is 77.7 Å². The molecule has 3 aromatic carbocycles. The number of carboxylic acid groups (broad SMARTS) is 1. The number of hydrogen-bond acceptors (Lipinski definition) is 5. The first-order valence-corrected chi connectivity index (χ1v) is 20.3. The minimum Gasteiger partial charge on any atom is -0.494 e. The maximum atomic E-state index is 12.9. The summed E-state index contributed by atoms with van der Waals surface area (Å²) in [6.07, 6.45) is 5.21. The van der Waals surface area contributed by atoms with Gasteiger partial charge in [0.05, 0.1) is 12.3 Å². The first-order valence-electron chi connectivity index (χ1n) is 17.4. The van der Waals surface area contributed by atoms with E-state index in [0.717, 1.165) is 49.0 Å². The Labute approximate surface area is 287 Å². The second kappa shape index (κ2) is 17.5. The van der Waals surface area contributed by atoms with Gasteiger partial charge in [-0.1, -0.05) is 87.9 Å². The van der Waals surface area contributed by atoms with Crippen LogP contribution in [-0.4, -0.2) is 50.9 Å². The van der Waals surface area contributed by atoms with Crippen molar-refractivity contribution < 1.29 is 28.6 Å². The van der Waals surface area contributed by atoms with Crippen LogP contribution in [0.25, 0.3) is 11.1 Å². The maximum absolute atomic E-state index is 12.9. The lowest BCUT2D eigenvalue weighted by Gasteiger charge is -2.36. The van der Waals surface area contributed by atoms with Crippen molar-refractivity contribution in [2.24, 2.45) is 0 Å². The van der Waals surface area contributed by atoms with Crippen molar-refractivity contribution in [3.8, 4) is 16.9 Å². The number of hydrogen-bond donors (Lipinski definition) is 2. The molecule has 3 aromatic rings. The van der Waals surface area contributed by atoms with Crippen molar-refractivity contribution in [1.29, 1.82) is 0 Å². The highest BCUT2D eigenvalue weighted by Crippen LogP contribution is 2.39. The van der Waals surface area contributed by atoms with Crippen molar-refractivity contribution in [1.82, 2.24) is 5.32 Å². The van der Waals surface area contributed by atoms with Gasteiger partial charge in [-0.05, 0) is 86.3 Å². The summed E-state index contributed by atoms with van der Waals surface area (Å²) in [5, 5.41) is 13.7. The Morgan fingerprint density at radius 3 is 2.10 bits per heavy atom. The summed E-state index contributed by atoms with van der Waals surface area (Å²) >= 11 is 0. The van der Waals surface area contributed by atoms with Gasteiger partial charge in [0.15, 0.2) is 8.32 Å². The number of carbonyl (C=O) groups is 2. The molecule has 2 amide bonds. The van der Waals surface area contributed by atoms with Gasteiger partial charge in [0, 0.05) is 30.3 Å². The third kappa shape index (κ3) is 10.9. The van der Waals surface area contributed by atoms with Crippen molar-refractivity contribution >= 4 is 26.2 Å². The zero-order valence-electron chi connectivity index (χ0n) is 29.4. The van der Waals surface area contributed by atoms with E-state index in [2.05, 4.69) is 39.2 Å². The molecule has 0 unspecified atom stereocenters. The van der Waals surface area contributed by atoms with Crippen LogP contribution in [0.2, 0.25) is 18.1 Å². The molecule has 0 spiro atoms. The average molecular weight is 675 g/mol. The van der Waals surface area contributed by atoms with E-state index in [1.54, 1.807) is 0 Å². The molecule has 0 heterocycles. The fourth-order valence-corrected chi connectivity index (χ4v) is 6.91. The summed E-state index contributed by atoms with van der Waals surface area (Å²) in [6.45, 7) is 13.0. The molecular weight excluding hydrogens is 621 g/mol. The second-order valence-corrected chi connectivity index (χ2v) is 19.1. The second-order valence-electron chi connectivity index (χ2n) is 14.3. The molecule has 48 heavy (non-hydrogen) atoms. The molecule has 1 fully saturated rings. The van der Waals surface area contributed by atoms with Crippen LogP contribution in [0.15, 0.2) is 78.9 Å². The Morgan fingerprint density at radius 1 is 0.854 bits per heavy atom. The normalized spacial score (nSPS) is 16.6. The van der Waals surface area contributed by atoms with Gasteiger partial charge in [0.2, 0.25) is 0 Å². The van der Waals surface area contributed by atoms with E-state index in [4.69, 9.17) is 13.9 Å². The van der Waals surface area contributed by atoms with Crippen LogP contribution in [0.3, 0.4) is 0 Å². The van der Waals surface area contributed by atoms with Gasteiger partial charge in [-0.3, -0.25) is 4.90 Å². The monoisotopic (exact) mass is 674 g/mol. The zero-order chi connectivity index (χ0) is 34.6. The van der Waals surface area contributed by atoms with Crippen molar-refractivity contribution in [2.75, 3.05) is 18.1 Å². The zero-order valence-corrected chi connectivity index (χ0v) is 30.4. The summed E-state index contributed by atoms with van der Waals surface area (Å²) in [7, 11) is -1.71. The van der Waals surface area contributed by atoms with E-state index in [9.17, 15) is 14.7 Å². The van der Waals surface area contributed by atoms with Crippen LogP contribution in [0.4, 0.5) is 15.3 Å². The lowest BCUT2D eigenvalue weighted by Crippen LogP contribution is -2.46. The molecule has 1 aliphatic carbocycles. The molecule has 0 radical (unpaired) electrons. The molecule has 0 atom stereocenters. The number of unbranched alkanes of at least 4 members (excludes halogenated alkanes) is 3. The SMILES string of the molecule is CC(C)(C)[Si](C)(C)OCCCCCCOc1ccc(-c2ccccc2)c(N(C(=O)O)[C@H]2CC[C@H](NC(=O)OCc3ccccc3)CC2)c1. The third-order valence-corrected chi connectivity index (χ3v) is 14.2. The fourth-order valence-electron chi connectivity index (χ4n) is 5.82. The summed E-state index contributed by atoms with van der Waals surface area (Å²) < 4.78 is 17.9. The number of carbonyl (C=O) groups excluding carboxylic acids is 1. The summed E-state index contributed by atoms with van der Waals surface area (Å²) in [4.78, 5) is 26.8. The number of anilines is 1. The van der Waals surface area contributed by atoms with E-state index in [-0.39, 0.29) is 23.7 Å². The van der Waals surface area contributed by atoms with Crippen LogP contribution >= 0.6 is 0 Å². The van der Waals surface area contributed by atoms with E-state index in [1.807, 2.05) is 78.9 Å². The van der Waals surface area contributed by atoms with Gasteiger partial charge in [0.25, 0.3) is 0 Å². The highest BCUT2D eigenvalue weighted by atomic mass is 28.4. The molecule has 9 heteroatoms. The highest BCUT2D eigenvalue weighted by Gasteiger charge is 2.37. The topological polar surface area (TPSA) is 97.3 Å². The fraction of sp³-hybridized carbons (Fsp3) is 0.487. The predicted molar refractivity (Wildman–Crippen MR) is 195 cm³/mol. The Bertz CT molecular complexity index is 1440. The van der Waals surface area contributed by atoms with Crippen molar-refractivity contribution in [3.05, 3.63) is 84.4 Å². The van der Waals surface area contributed by atoms with E-state index < -0.39 is 20.5 Å². The number of rotatable bonds is 15. The van der Waals surface area contributed by atoms with Gasteiger partial charge in [-0.15, -0.1) is 0 Å². The number of nitrogens with zero attached hydrogens (tertiary/aromatic N) is 1. The van der Waals surface area contributed by atoms with Crippen molar-refractivity contribution in [3.63, 3.8) is 0 Å². The number of benzene rings is 3. The van der Waals surface area contributed by atoms with E-state index in [1.165, 1.54) is 4.90 Å². The lowest BCUT2D eigenvalue weighted by atomic mass is 9.89. The standard InChI is InChI=1S/C39H54N2O6Si/c1-39(2,3)48(4,5)47-27-15-7-6-14-26-45-34-24-25-35(31-18-12-9-13-19-31)36(28-34)41(38(43)44)33-22-20-32(21-23-33)40-37(42)46-29-30-16-10-8-11-17-30/h8-13,16-19,24-25,28,32-33H,6-7,14-15,20-23,26-27,29H2,1-5H3,(H,40,42)(H,43,44)/t32-,33-. The smallest absolute Gasteiger partial charge is 0.412 e. The Balaban J connectivity index is 1.34. The van der Waals surface area contributed by atoms with E-state index in [0.29, 0.717) is 43.7 Å². The first-order chi connectivity index (χ1) is 22.9. The molecule has 0 saturated heterocycles. The Morgan fingerprint density at radius 2 is 1.48 bits per heavy atom. The van der Waals surface area contributed by atoms with Gasteiger partial charge < -0.3 is 24.3 Å². The van der Waals surface area contributed by atoms with E-state index >= 15 is 0 Å². The maximum Gasteiger partial charge on any atom is 0.412 e. The molecular formula is C39H54N2O6Si. The minimum atomic E-state index is -1.71. The van der Waals surface area contributed by atoms with Gasteiger partial charge in [0.1, 0.15) is 12.4 Å². The summed E-state index contributed by atoms with van der Waals surface area (Å²) in [5.41, 5.74) is 3.34. The van der Waals surface area contributed by atoms with Crippen LogP contribution in [0.5, 0.6) is 5.75 Å². The Hall–Kier alpha value is -3.82. The quantitative estimate of drug-likeness (QED) is 0.123. The Kier molecular flexibility index (Phi) is 13.5. The van der Waals surface area contributed by atoms with Crippen LogP contribution in [-0.2, 0) is 15.8 Å². The third-order valence-electron chi connectivity index (χ3n) is 9.69. The van der Waals surface area contributed by atoms with Crippen LogP contribution < -0.4 is 15.0 Å². The molecule has 1 saturated carbocycles. The van der Waals surface area contributed by atoms with Crippen LogP contribution in [0, 0.1) is 0 Å². The van der Waals surface area contributed by atoms with Gasteiger partial charge in [-0.25, -0.2) is 9.59 Å². The molecule has 8 nitrogen and oxygen atoms in total. The number of amides is 2.